The zero-order valence-electron chi connectivity index (χ0n) is 18.0. The molecule has 4 rings (SSSR count). The summed E-state index contributed by atoms with van der Waals surface area (Å²) in [7, 11) is 0. The van der Waals surface area contributed by atoms with Gasteiger partial charge in [0.25, 0.3) is 5.91 Å². The van der Waals surface area contributed by atoms with E-state index in [9.17, 15) is 9.59 Å². The van der Waals surface area contributed by atoms with Crippen molar-refractivity contribution in [1.82, 2.24) is 20.1 Å². The Hall–Kier alpha value is -2.15. The van der Waals surface area contributed by atoms with Crippen LogP contribution in [0.15, 0.2) is 42.7 Å². The van der Waals surface area contributed by atoms with Crippen LogP contribution in [-0.2, 0) is 11.3 Å². The topological polar surface area (TPSA) is 65.5 Å². The molecule has 1 aromatic carbocycles. The molecule has 2 amide bonds. The highest BCUT2D eigenvalue weighted by Gasteiger charge is 2.37. The Morgan fingerprint density at radius 1 is 1.09 bits per heavy atom. The summed E-state index contributed by atoms with van der Waals surface area (Å²) in [6.07, 6.45) is 7.99. The molecule has 8 heteroatoms. The largest absolute Gasteiger partial charge is 0.351 e. The molecule has 2 heterocycles. The molecule has 2 aliphatic rings. The monoisotopic (exact) mass is 474 g/mol. The minimum absolute atomic E-state index is 0.0706. The third-order valence-electron chi connectivity index (χ3n) is 6.46. The molecular formula is C24H28Cl2N4O2. The lowest BCUT2D eigenvalue weighted by Crippen LogP contribution is -2.57. The molecule has 1 unspecified atom stereocenters. The Labute approximate surface area is 198 Å². The van der Waals surface area contributed by atoms with Gasteiger partial charge in [0.1, 0.15) is 0 Å². The first-order valence-corrected chi connectivity index (χ1v) is 11.9. The number of carbonyl (C=O) groups excluding carboxylic acids is 2. The number of halogens is 2. The maximum atomic E-state index is 13.2. The molecule has 1 saturated heterocycles. The molecule has 0 spiro atoms. The summed E-state index contributed by atoms with van der Waals surface area (Å²) in [5, 5.41) is 3.99. The lowest BCUT2D eigenvalue weighted by atomic mass is 9.95. The summed E-state index contributed by atoms with van der Waals surface area (Å²) in [5.74, 6) is 0.336. The van der Waals surface area contributed by atoms with Gasteiger partial charge in [0.05, 0.1) is 16.6 Å². The van der Waals surface area contributed by atoms with Gasteiger partial charge in [0.2, 0.25) is 5.91 Å². The van der Waals surface area contributed by atoms with Crippen LogP contribution in [0.1, 0.15) is 41.6 Å². The smallest absolute Gasteiger partial charge is 0.255 e. The molecular weight excluding hydrogens is 447 g/mol. The van der Waals surface area contributed by atoms with Crippen LogP contribution in [0.4, 0.5) is 0 Å². The fourth-order valence-corrected chi connectivity index (χ4v) is 5.27. The van der Waals surface area contributed by atoms with Crippen molar-refractivity contribution >= 4 is 35.0 Å². The number of amides is 2. The van der Waals surface area contributed by atoms with E-state index in [0.717, 1.165) is 18.4 Å². The number of pyridine rings is 1. The van der Waals surface area contributed by atoms with E-state index < -0.39 is 0 Å². The third-order valence-corrected chi connectivity index (χ3v) is 7.01. The minimum atomic E-state index is -0.162. The molecule has 1 atom stereocenters. The van der Waals surface area contributed by atoms with Crippen molar-refractivity contribution in [3.63, 3.8) is 0 Å². The third kappa shape index (κ3) is 5.42. The second-order valence-corrected chi connectivity index (χ2v) is 9.36. The first kappa shape index (κ1) is 23.0. The normalized spacial score (nSPS) is 18.5. The SMILES string of the molecule is O=C(NCc1cccnc1)C(C1CCCC1)N1CCN(C(=O)c2ccc(Cl)cc2Cl)CC1. The van der Waals surface area contributed by atoms with Crippen LogP contribution in [0.5, 0.6) is 0 Å². The van der Waals surface area contributed by atoms with Gasteiger partial charge < -0.3 is 10.2 Å². The molecule has 0 bridgehead atoms. The minimum Gasteiger partial charge on any atom is -0.351 e. The summed E-state index contributed by atoms with van der Waals surface area (Å²) >= 11 is 12.2. The van der Waals surface area contributed by atoms with E-state index in [1.807, 2.05) is 17.0 Å². The Kier molecular flexibility index (Phi) is 7.66. The van der Waals surface area contributed by atoms with E-state index in [2.05, 4.69) is 15.2 Å². The summed E-state index contributed by atoms with van der Waals surface area (Å²) in [6, 6.07) is 8.62. The van der Waals surface area contributed by atoms with Crippen LogP contribution < -0.4 is 5.32 Å². The fourth-order valence-electron chi connectivity index (χ4n) is 4.78. The van der Waals surface area contributed by atoms with Crippen LogP contribution >= 0.6 is 23.2 Å². The number of carbonyl (C=O) groups is 2. The summed E-state index contributed by atoms with van der Waals surface area (Å²) < 4.78 is 0. The highest BCUT2D eigenvalue weighted by atomic mass is 35.5. The Morgan fingerprint density at radius 2 is 1.84 bits per heavy atom. The number of aromatic nitrogens is 1. The molecule has 2 fully saturated rings. The molecule has 1 aromatic heterocycles. The van der Waals surface area contributed by atoms with E-state index in [0.29, 0.717) is 54.3 Å². The van der Waals surface area contributed by atoms with E-state index in [-0.39, 0.29) is 17.9 Å². The van der Waals surface area contributed by atoms with Crippen molar-refractivity contribution in [3.8, 4) is 0 Å². The molecule has 1 aliphatic carbocycles. The van der Waals surface area contributed by atoms with Crippen LogP contribution in [0, 0.1) is 5.92 Å². The Balaban J connectivity index is 1.40. The summed E-state index contributed by atoms with van der Waals surface area (Å²) in [5.41, 5.74) is 1.45. The Bertz CT molecular complexity index is 942. The zero-order valence-corrected chi connectivity index (χ0v) is 19.5. The van der Waals surface area contributed by atoms with E-state index in [1.165, 1.54) is 12.8 Å². The van der Waals surface area contributed by atoms with Crippen LogP contribution in [0.3, 0.4) is 0 Å². The fraction of sp³-hybridized carbons (Fsp3) is 0.458. The molecule has 32 heavy (non-hydrogen) atoms. The van der Waals surface area contributed by atoms with Crippen LogP contribution in [0.2, 0.25) is 10.0 Å². The van der Waals surface area contributed by atoms with Gasteiger partial charge in [-0.3, -0.25) is 19.5 Å². The van der Waals surface area contributed by atoms with E-state index in [1.54, 1.807) is 30.6 Å². The maximum Gasteiger partial charge on any atom is 0.255 e. The molecule has 1 N–H and O–H groups in total. The van der Waals surface area contributed by atoms with Gasteiger partial charge in [-0.25, -0.2) is 0 Å². The number of nitrogens with zero attached hydrogens (tertiary/aromatic N) is 3. The highest BCUT2D eigenvalue weighted by Crippen LogP contribution is 2.31. The lowest BCUT2D eigenvalue weighted by molar-refractivity contribution is -0.129. The molecule has 0 radical (unpaired) electrons. The second-order valence-electron chi connectivity index (χ2n) is 8.52. The number of nitrogens with one attached hydrogen (secondary N) is 1. The Morgan fingerprint density at radius 3 is 2.50 bits per heavy atom. The standard InChI is InChI=1S/C24H28Cl2N4O2/c25-19-7-8-20(21(26)14-19)24(32)30-12-10-29(11-13-30)22(18-5-1-2-6-18)23(31)28-16-17-4-3-9-27-15-17/h3-4,7-9,14-15,18,22H,1-2,5-6,10-13,16H2,(H,28,31). The number of hydrogen-bond donors (Lipinski definition) is 1. The summed E-state index contributed by atoms with van der Waals surface area (Å²) in [6.45, 7) is 2.94. The van der Waals surface area contributed by atoms with E-state index in [4.69, 9.17) is 23.2 Å². The van der Waals surface area contributed by atoms with Gasteiger partial charge in [-0.15, -0.1) is 0 Å². The number of benzene rings is 1. The predicted octanol–water partition coefficient (Wildman–Crippen LogP) is 4.02. The first-order chi connectivity index (χ1) is 15.5. The zero-order chi connectivity index (χ0) is 22.5. The van der Waals surface area contributed by atoms with Gasteiger partial charge in [-0.1, -0.05) is 42.1 Å². The van der Waals surface area contributed by atoms with Crippen LogP contribution in [-0.4, -0.2) is 58.8 Å². The number of hydrogen-bond acceptors (Lipinski definition) is 4. The number of piperazine rings is 1. The van der Waals surface area contributed by atoms with Crippen molar-refractivity contribution < 1.29 is 9.59 Å². The quantitative estimate of drug-likeness (QED) is 0.686. The molecule has 2 aromatic rings. The molecule has 1 saturated carbocycles. The van der Waals surface area contributed by atoms with Gasteiger partial charge in [0, 0.05) is 50.1 Å². The molecule has 170 valence electrons. The van der Waals surface area contributed by atoms with E-state index >= 15 is 0 Å². The van der Waals surface area contributed by atoms with Gasteiger partial charge in [-0.05, 0) is 48.6 Å². The maximum absolute atomic E-state index is 13.2. The van der Waals surface area contributed by atoms with Crippen LogP contribution in [0.25, 0.3) is 0 Å². The van der Waals surface area contributed by atoms with Crippen molar-refractivity contribution in [2.24, 2.45) is 5.92 Å². The van der Waals surface area contributed by atoms with Crippen molar-refractivity contribution in [2.45, 2.75) is 38.3 Å². The van der Waals surface area contributed by atoms with Crippen molar-refractivity contribution in [2.75, 3.05) is 26.2 Å². The lowest BCUT2D eigenvalue weighted by Gasteiger charge is -2.40. The van der Waals surface area contributed by atoms with Gasteiger partial charge >= 0.3 is 0 Å². The first-order valence-electron chi connectivity index (χ1n) is 11.2. The second kappa shape index (κ2) is 10.6. The average molecular weight is 475 g/mol. The summed E-state index contributed by atoms with van der Waals surface area (Å²) in [4.78, 5) is 34.4. The van der Waals surface area contributed by atoms with Crippen molar-refractivity contribution in [3.05, 3.63) is 63.9 Å². The molecule has 6 nitrogen and oxygen atoms in total. The highest BCUT2D eigenvalue weighted by molar-refractivity contribution is 6.36. The van der Waals surface area contributed by atoms with Crippen molar-refractivity contribution in [1.29, 1.82) is 0 Å². The predicted molar refractivity (Wildman–Crippen MR) is 126 cm³/mol. The average Bonchev–Trinajstić information content (AvgIpc) is 3.33. The van der Waals surface area contributed by atoms with Gasteiger partial charge in [-0.2, -0.15) is 0 Å². The molecule has 1 aliphatic heterocycles. The number of rotatable bonds is 6. The van der Waals surface area contributed by atoms with Gasteiger partial charge in [0.15, 0.2) is 0 Å².